The van der Waals surface area contributed by atoms with Gasteiger partial charge >= 0.3 is 0 Å². The maximum atomic E-state index is 13.6. The molecule has 202 valence electrons. The molecule has 1 saturated carbocycles. The van der Waals surface area contributed by atoms with E-state index in [0.29, 0.717) is 28.2 Å². The lowest BCUT2D eigenvalue weighted by Gasteiger charge is -2.17. The summed E-state index contributed by atoms with van der Waals surface area (Å²) in [6.07, 6.45) is 2.02. The number of ketones is 2. The highest BCUT2D eigenvalue weighted by atomic mass is 16.7. The van der Waals surface area contributed by atoms with Crippen molar-refractivity contribution in [1.82, 2.24) is 4.90 Å². The number of rotatable bonds is 10. The molecule has 1 heterocycles. The Morgan fingerprint density at radius 1 is 0.949 bits per heavy atom. The molecule has 1 fully saturated rings. The summed E-state index contributed by atoms with van der Waals surface area (Å²) in [4.78, 5) is 40.7. The Bertz CT molecular complexity index is 1420. The van der Waals surface area contributed by atoms with E-state index in [9.17, 15) is 19.5 Å². The van der Waals surface area contributed by atoms with E-state index >= 15 is 0 Å². The predicted octanol–water partition coefficient (Wildman–Crippen LogP) is 4.83. The fraction of sp³-hybridized carbons (Fsp3) is 0.344. The molecule has 1 N–H and O–H groups in total. The van der Waals surface area contributed by atoms with Gasteiger partial charge in [-0.3, -0.25) is 14.4 Å². The van der Waals surface area contributed by atoms with Crippen LogP contribution in [0.4, 0.5) is 0 Å². The van der Waals surface area contributed by atoms with Crippen LogP contribution in [0.15, 0.2) is 60.7 Å². The minimum absolute atomic E-state index is 0.0723. The average molecular weight is 528 g/mol. The van der Waals surface area contributed by atoms with Crippen molar-refractivity contribution in [3.05, 3.63) is 82.9 Å². The predicted molar refractivity (Wildman–Crippen MR) is 147 cm³/mol. The van der Waals surface area contributed by atoms with Gasteiger partial charge in [0.05, 0.1) is 5.41 Å². The third-order valence-electron chi connectivity index (χ3n) is 7.65. The molecule has 1 atom stereocenters. The van der Waals surface area contributed by atoms with Gasteiger partial charge in [-0.15, -0.1) is 0 Å². The highest BCUT2D eigenvalue weighted by Gasteiger charge is 2.50. The highest BCUT2D eigenvalue weighted by Crippen LogP contribution is 2.51. The summed E-state index contributed by atoms with van der Waals surface area (Å²) in [6, 6.07) is 18.4. The van der Waals surface area contributed by atoms with Crippen LogP contribution < -0.4 is 9.47 Å². The Kier molecular flexibility index (Phi) is 7.28. The Hall–Kier alpha value is -3.97. The van der Waals surface area contributed by atoms with Crippen molar-refractivity contribution in [1.29, 1.82) is 0 Å². The molecule has 1 aliphatic heterocycles. The number of hydrogen-bond donors (Lipinski definition) is 1. The van der Waals surface area contributed by atoms with Gasteiger partial charge in [0.2, 0.25) is 6.79 Å². The first-order valence-electron chi connectivity index (χ1n) is 13.2. The van der Waals surface area contributed by atoms with Crippen molar-refractivity contribution in [3.63, 3.8) is 0 Å². The summed E-state index contributed by atoms with van der Waals surface area (Å²) in [7, 11) is 3.40. The molecule has 7 nitrogen and oxygen atoms in total. The molecule has 0 spiro atoms. The molecule has 0 saturated heterocycles. The second-order valence-corrected chi connectivity index (χ2v) is 10.8. The zero-order chi connectivity index (χ0) is 27.7. The van der Waals surface area contributed by atoms with Crippen LogP contribution >= 0.6 is 0 Å². The zero-order valence-electron chi connectivity index (χ0n) is 22.5. The lowest BCUT2D eigenvalue weighted by molar-refractivity contribution is -0.120. The summed E-state index contributed by atoms with van der Waals surface area (Å²) in [5.74, 6) is 1.16. The largest absolute Gasteiger partial charge is 0.454 e. The molecule has 3 aromatic carbocycles. The first-order valence-corrected chi connectivity index (χ1v) is 13.2. The van der Waals surface area contributed by atoms with Gasteiger partial charge in [-0.1, -0.05) is 37.3 Å². The highest BCUT2D eigenvalue weighted by molar-refractivity contribution is 6.03. The molecule has 7 heteroatoms. The summed E-state index contributed by atoms with van der Waals surface area (Å²) >= 11 is 0. The van der Waals surface area contributed by atoms with E-state index in [1.54, 1.807) is 32.3 Å². The lowest BCUT2D eigenvalue weighted by Crippen LogP contribution is -2.22. The van der Waals surface area contributed by atoms with E-state index in [2.05, 4.69) is 0 Å². The Morgan fingerprint density at radius 3 is 2.33 bits per heavy atom. The number of benzene rings is 3. The number of Topliss-reactive ketones (excluding diaryl/α,β-unsaturated/α-hetero) is 2. The molecule has 1 aliphatic carbocycles. The number of hydrogen-bond acceptors (Lipinski definition) is 6. The molecule has 1 amide bonds. The first-order chi connectivity index (χ1) is 18.7. The van der Waals surface area contributed by atoms with Crippen LogP contribution in [0.1, 0.15) is 58.0 Å². The van der Waals surface area contributed by atoms with E-state index < -0.39 is 5.41 Å². The minimum Gasteiger partial charge on any atom is -0.454 e. The van der Waals surface area contributed by atoms with Gasteiger partial charge in [0.25, 0.3) is 5.91 Å². The van der Waals surface area contributed by atoms with Crippen molar-refractivity contribution >= 4 is 17.5 Å². The average Bonchev–Trinajstić information content (AvgIpc) is 3.63. The molecule has 0 aromatic heterocycles. The molecule has 0 unspecified atom stereocenters. The summed E-state index contributed by atoms with van der Waals surface area (Å²) in [6.45, 7) is 1.95. The second kappa shape index (κ2) is 10.7. The third kappa shape index (κ3) is 5.32. The van der Waals surface area contributed by atoms with E-state index in [1.165, 1.54) is 4.90 Å². The standard InChI is InChI=1S/C32H33NO6/c1-20(18-34)14-27(35)25-10-4-21(15-26(25)22-5-7-23(8-6-22)31(37)33(2)3)16-30(36)32(12-13-32)24-9-11-28-29(17-24)39-19-38-28/h4-11,15,17,20,34H,12-14,16,18-19H2,1-3H3/t20-/m1/s1. The molecule has 3 aromatic rings. The normalized spacial score (nSPS) is 15.5. The van der Waals surface area contributed by atoms with Gasteiger partial charge in [0, 0.05) is 44.7 Å². The van der Waals surface area contributed by atoms with Crippen LogP contribution in [0.25, 0.3) is 11.1 Å². The van der Waals surface area contributed by atoms with Gasteiger partial charge in [-0.05, 0) is 71.3 Å². The van der Waals surface area contributed by atoms with Gasteiger partial charge in [0.15, 0.2) is 17.3 Å². The number of nitrogens with zero attached hydrogens (tertiary/aromatic N) is 1. The number of carbonyl (C=O) groups is 3. The van der Waals surface area contributed by atoms with Crippen LogP contribution in [0.2, 0.25) is 0 Å². The van der Waals surface area contributed by atoms with Crippen LogP contribution in [-0.4, -0.2) is 55.0 Å². The molecule has 0 radical (unpaired) electrons. The smallest absolute Gasteiger partial charge is 0.253 e. The quantitative estimate of drug-likeness (QED) is 0.380. The molecule has 0 bridgehead atoms. The monoisotopic (exact) mass is 527 g/mol. The first kappa shape index (κ1) is 26.6. The summed E-state index contributed by atoms with van der Waals surface area (Å²) in [5.41, 5.74) is 3.83. The number of ether oxygens (including phenoxy) is 2. The van der Waals surface area contributed by atoms with Gasteiger partial charge in [-0.2, -0.15) is 0 Å². The van der Waals surface area contributed by atoms with Crippen LogP contribution in [0.5, 0.6) is 11.5 Å². The minimum atomic E-state index is -0.527. The number of amides is 1. The Labute approximate surface area is 228 Å². The van der Waals surface area contributed by atoms with Gasteiger partial charge < -0.3 is 19.5 Å². The van der Waals surface area contributed by atoms with Crippen molar-refractivity contribution < 1.29 is 29.0 Å². The van der Waals surface area contributed by atoms with E-state index in [1.807, 2.05) is 49.4 Å². The van der Waals surface area contributed by atoms with Crippen LogP contribution in [0, 0.1) is 5.92 Å². The number of carbonyl (C=O) groups excluding carboxylic acids is 3. The zero-order valence-corrected chi connectivity index (χ0v) is 22.5. The summed E-state index contributed by atoms with van der Waals surface area (Å²) < 4.78 is 10.9. The lowest BCUT2D eigenvalue weighted by atomic mass is 9.86. The maximum Gasteiger partial charge on any atom is 0.253 e. The topological polar surface area (TPSA) is 93.1 Å². The Morgan fingerprint density at radius 2 is 1.67 bits per heavy atom. The fourth-order valence-electron chi connectivity index (χ4n) is 5.13. The molecule has 39 heavy (non-hydrogen) atoms. The van der Waals surface area contributed by atoms with Gasteiger partial charge in [0.1, 0.15) is 5.78 Å². The second-order valence-electron chi connectivity index (χ2n) is 10.8. The van der Waals surface area contributed by atoms with Crippen molar-refractivity contribution in [2.45, 2.75) is 38.0 Å². The van der Waals surface area contributed by atoms with E-state index in [-0.39, 0.29) is 49.6 Å². The molecule has 2 aliphatic rings. The number of aliphatic hydroxyl groups is 1. The third-order valence-corrected chi connectivity index (χ3v) is 7.65. The maximum absolute atomic E-state index is 13.6. The van der Waals surface area contributed by atoms with E-state index in [0.717, 1.165) is 29.5 Å². The Balaban J connectivity index is 1.45. The van der Waals surface area contributed by atoms with Crippen molar-refractivity contribution in [3.8, 4) is 22.6 Å². The fourth-order valence-corrected chi connectivity index (χ4v) is 5.13. The number of fused-ring (bicyclic) bond motifs is 1. The summed E-state index contributed by atoms with van der Waals surface area (Å²) in [5, 5.41) is 9.47. The van der Waals surface area contributed by atoms with Crippen LogP contribution in [-0.2, 0) is 16.6 Å². The molecule has 5 rings (SSSR count). The number of aliphatic hydroxyl groups excluding tert-OH is 1. The van der Waals surface area contributed by atoms with E-state index in [4.69, 9.17) is 9.47 Å². The van der Waals surface area contributed by atoms with Crippen molar-refractivity contribution in [2.24, 2.45) is 5.92 Å². The molecular formula is C32H33NO6. The van der Waals surface area contributed by atoms with Crippen molar-refractivity contribution in [2.75, 3.05) is 27.5 Å². The molecular weight excluding hydrogens is 494 g/mol. The van der Waals surface area contributed by atoms with Crippen LogP contribution in [0.3, 0.4) is 0 Å². The van der Waals surface area contributed by atoms with Gasteiger partial charge in [-0.25, -0.2) is 0 Å². The SMILES string of the molecule is C[C@@H](CO)CC(=O)c1ccc(CC(=O)C2(c3ccc4c(c3)OCO4)CC2)cc1-c1ccc(C(=O)N(C)C)cc1.